The van der Waals surface area contributed by atoms with E-state index in [-0.39, 0.29) is 23.3 Å². The number of hydrogen-bond acceptors (Lipinski definition) is 5. The summed E-state index contributed by atoms with van der Waals surface area (Å²) in [6.07, 6.45) is 8.74. The Kier molecular flexibility index (Phi) is 4.83. The van der Waals surface area contributed by atoms with Gasteiger partial charge in [0.25, 0.3) is 0 Å². The van der Waals surface area contributed by atoms with Crippen LogP contribution in [-0.2, 0) is 13.5 Å². The second-order valence-electron chi connectivity index (χ2n) is 7.86. The van der Waals surface area contributed by atoms with Crippen LogP contribution in [0.2, 0.25) is 0 Å². The zero-order valence-corrected chi connectivity index (χ0v) is 15.6. The number of rotatable bonds is 5. The van der Waals surface area contributed by atoms with Crippen molar-refractivity contribution < 1.29 is 4.39 Å². The van der Waals surface area contributed by atoms with Gasteiger partial charge in [0.1, 0.15) is 17.6 Å². The monoisotopic (exact) mass is 368 g/mol. The van der Waals surface area contributed by atoms with Gasteiger partial charge < -0.3 is 11.1 Å². The average Bonchev–Trinajstić information content (AvgIpc) is 3.41. The maximum absolute atomic E-state index is 14.8. The lowest BCUT2D eigenvalue weighted by Gasteiger charge is -2.27. The third-order valence-electron chi connectivity index (χ3n) is 5.70. The van der Waals surface area contributed by atoms with E-state index in [2.05, 4.69) is 21.5 Å². The summed E-state index contributed by atoms with van der Waals surface area (Å²) < 4.78 is 16.6. The number of anilines is 1. The molecule has 2 aliphatic carbocycles. The van der Waals surface area contributed by atoms with Gasteiger partial charge in [0.2, 0.25) is 0 Å². The van der Waals surface area contributed by atoms with Crippen LogP contribution in [0.15, 0.2) is 12.3 Å². The molecule has 0 spiro atoms. The van der Waals surface area contributed by atoms with Gasteiger partial charge in [-0.1, -0.05) is 0 Å². The van der Waals surface area contributed by atoms with Crippen molar-refractivity contribution >= 4 is 5.82 Å². The minimum absolute atomic E-state index is 0.211. The Hall–Kier alpha value is -2.46. The van der Waals surface area contributed by atoms with Crippen molar-refractivity contribution in [2.45, 2.75) is 57.0 Å². The molecule has 6 nitrogen and oxygen atoms in total. The minimum Gasteiger partial charge on any atom is -0.366 e. The number of aromatic nitrogens is 3. The van der Waals surface area contributed by atoms with Crippen LogP contribution in [0, 0.1) is 23.1 Å². The maximum atomic E-state index is 14.8. The minimum atomic E-state index is -0.479. The second kappa shape index (κ2) is 7.28. The molecule has 0 radical (unpaired) electrons. The molecule has 142 valence electrons. The zero-order valence-electron chi connectivity index (χ0n) is 15.6. The number of nitrogens with one attached hydrogen (secondary N) is 1. The molecule has 2 aliphatic rings. The molecule has 2 heterocycles. The molecule has 3 N–H and O–H groups in total. The highest BCUT2D eigenvalue weighted by Crippen LogP contribution is 2.36. The van der Waals surface area contributed by atoms with Crippen molar-refractivity contribution in [1.29, 1.82) is 5.26 Å². The first kappa shape index (κ1) is 17.9. The highest BCUT2D eigenvalue weighted by Gasteiger charge is 2.27. The lowest BCUT2D eigenvalue weighted by Crippen LogP contribution is -2.33. The van der Waals surface area contributed by atoms with Gasteiger partial charge in [-0.25, -0.2) is 9.37 Å². The Morgan fingerprint density at radius 3 is 2.70 bits per heavy atom. The fourth-order valence-electron chi connectivity index (χ4n) is 3.83. The molecule has 2 saturated carbocycles. The van der Waals surface area contributed by atoms with E-state index < -0.39 is 5.82 Å². The van der Waals surface area contributed by atoms with Crippen LogP contribution in [0.5, 0.6) is 0 Å². The third kappa shape index (κ3) is 3.81. The van der Waals surface area contributed by atoms with Crippen molar-refractivity contribution in [2.75, 3.05) is 5.32 Å². The van der Waals surface area contributed by atoms with Gasteiger partial charge in [-0.15, -0.1) is 0 Å². The van der Waals surface area contributed by atoms with Gasteiger partial charge in [0.05, 0.1) is 11.8 Å². The summed E-state index contributed by atoms with van der Waals surface area (Å²) in [4.78, 5) is 4.53. The standard InChI is InChI=1S/C20H25FN6/c1-27-18(8-12-2-3-12)16(11-24-27)19-17(21)9-13(10-22)20(26-19)25-15-6-4-14(23)5-7-15/h9,11-12,14-15H,2-8,23H2,1H3,(H,25,26)/t14-,15-. The summed E-state index contributed by atoms with van der Waals surface area (Å²) in [5.41, 5.74) is 8.21. The van der Waals surface area contributed by atoms with E-state index in [0.717, 1.165) is 43.4 Å². The van der Waals surface area contributed by atoms with Gasteiger partial charge in [0, 0.05) is 30.4 Å². The summed E-state index contributed by atoms with van der Waals surface area (Å²) in [6, 6.07) is 3.81. The van der Waals surface area contributed by atoms with Gasteiger partial charge in [0.15, 0.2) is 5.82 Å². The first-order chi connectivity index (χ1) is 13.0. The fraction of sp³-hybridized carbons (Fsp3) is 0.550. The number of aryl methyl sites for hydroxylation is 1. The van der Waals surface area contributed by atoms with Crippen molar-refractivity contribution in [3.63, 3.8) is 0 Å². The summed E-state index contributed by atoms with van der Waals surface area (Å²) in [5, 5.41) is 17.1. The van der Waals surface area contributed by atoms with Gasteiger partial charge in [-0.2, -0.15) is 10.4 Å². The molecule has 0 aromatic carbocycles. The van der Waals surface area contributed by atoms with Crippen LogP contribution < -0.4 is 11.1 Å². The molecule has 2 fully saturated rings. The second-order valence-corrected chi connectivity index (χ2v) is 7.86. The lowest BCUT2D eigenvalue weighted by molar-refractivity contribution is 0.410. The number of pyridine rings is 1. The SMILES string of the molecule is Cn1ncc(-c2nc(N[C@H]3CC[C@H](N)CC3)c(C#N)cc2F)c1CC1CC1. The highest BCUT2D eigenvalue weighted by molar-refractivity contribution is 5.67. The van der Waals surface area contributed by atoms with Crippen LogP contribution in [0.4, 0.5) is 10.2 Å². The molecule has 0 unspecified atom stereocenters. The third-order valence-corrected chi connectivity index (χ3v) is 5.70. The van der Waals surface area contributed by atoms with Crippen molar-refractivity contribution in [3.8, 4) is 17.3 Å². The molecule has 2 aromatic rings. The molecular formula is C20H25FN6. The Balaban J connectivity index is 1.66. The van der Waals surface area contributed by atoms with Crippen LogP contribution in [0.3, 0.4) is 0 Å². The number of halogens is 1. The van der Waals surface area contributed by atoms with Crippen molar-refractivity contribution in [2.24, 2.45) is 18.7 Å². The summed E-state index contributed by atoms with van der Waals surface area (Å²) in [5.74, 6) is 0.632. The largest absolute Gasteiger partial charge is 0.366 e. The molecule has 2 aromatic heterocycles. The Morgan fingerprint density at radius 1 is 1.30 bits per heavy atom. The molecule has 4 rings (SSSR count). The number of hydrogen-bond donors (Lipinski definition) is 2. The van der Waals surface area contributed by atoms with E-state index in [9.17, 15) is 9.65 Å². The Morgan fingerprint density at radius 2 is 2.04 bits per heavy atom. The molecule has 27 heavy (non-hydrogen) atoms. The molecule has 0 saturated heterocycles. The number of nitriles is 1. The van der Waals surface area contributed by atoms with E-state index in [1.807, 2.05) is 11.7 Å². The zero-order chi connectivity index (χ0) is 19.0. The van der Waals surface area contributed by atoms with E-state index in [4.69, 9.17) is 5.73 Å². The van der Waals surface area contributed by atoms with Crippen molar-refractivity contribution in [3.05, 3.63) is 29.3 Å². The topological polar surface area (TPSA) is 92.6 Å². The predicted octanol–water partition coefficient (Wildman–Crippen LogP) is 3.13. The van der Waals surface area contributed by atoms with E-state index in [1.54, 1.807) is 6.20 Å². The van der Waals surface area contributed by atoms with Crippen LogP contribution in [-0.4, -0.2) is 26.8 Å². The Bertz CT molecular complexity index is 871. The maximum Gasteiger partial charge on any atom is 0.151 e. The molecule has 0 bridgehead atoms. The first-order valence-electron chi connectivity index (χ1n) is 9.69. The van der Waals surface area contributed by atoms with Gasteiger partial charge >= 0.3 is 0 Å². The molecule has 0 aliphatic heterocycles. The summed E-state index contributed by atoms with van der Waals surface area (Å²) >= 11 is 0. The van der Waals surface area contributed by atoms with Crippen LogP contribution in [0.25, 0.3) is 11.3 Å². The number of nitrogens with zero attached hydrogens (tertiary/aromatic N) is 4. The lowest BCUT2D eigenvalue weighted by atomic mass is 9.92. The summed E-state index contributed by atoms with van der Waals surface area (Å²) in [6.45, 7) is 0. The molecular weight excluding hydrogens is 343 g/mol. The van der Waals surface area contributed by atoms with E-state index in [0.29, 0.717) is 11.7 Å². The molecule has 0 atom stereocenters. The smallest absolute Gasteiger partial charge is 0.151 e. The average molecular weight is 368 g/mol. The van der Waals surface area contributed by atoms with E-state index >= 15 is 0 Å². The van der Waals surface area contributed by atoms with Crippen LogP contribution in [0.1, 0.15) is 49.8 Å². The number of nitrogens with two attached hydrogens (primary N) is 1. The van der Waals surface area contributed by atoms with Crippen LogP contribution >= 0.6 is 0 Å². The highest BCUT2D eigenvalue weighted by atomic mass is 19.1. The fourth-order valence-corrected chi connectivity index (χ4v) is 3.83. The van der Waals surface area contributed by atoms with Crippen molar-refractivity contribution in [1.82, 2.24) is 14.8 Å². The quantitative estimate of drug-likeness (QED) is 0.846. The molecule has 0 amide bonds. The first-order valence-corrected chi connectivity index (χ1v) is 9.69. The van der Waals surface area contributed by atoms with E-state index in [1.165, 1.54) is 18.9 Å². The predicted molar refractivity (Wildman–Crippen MR) is 101 cm³/mol. The van der Waals surface area contributed by atoms with Gasteiger partial charge in [-0.05, 0) is 56.9 Å². The Labute approximate surface area is 158 Å². The normalized spacial score (nSPS) is 22.4. The summed E-state index contributed by atoms with van der Waals surface area (Å²) in [7, 11) is 1.88. The van der Waals surface area contributed by atoms with Gasteiger partial charge in [-0.3, -0.25) is 4.68 Å². The molecule has 7 heteroatoms.